The molecule has 0 aromatic heterocycles. The van der Waals surface area contributed by atoms with Crippen LogP contribution in [0.15, 0.2) is 0 Å². The number of ketones is 1. The SMILES string of the molecule is CCCCCCC(=O)CO. The average molecular weight is 144 g/mol. The minimum absolute atomic E-state index is 0.0314. The molecule has 0 spiro atoms. The molecular formula is C8H16O2. The van der Waals surface area contributed by atoms with Gasteiger partial charge in [-0.25, -0.2) is 0 Å². The molecule has 2 nitrogen and oxygen atoms in total. The topological polar surface area (TPSA) is 37.3 Å². The van der Waals surface area contributed by atoms with E-state index in [4.69, 9.17) is 5.11 Å². The smallest absolute Gasteiger partial charge is 0.158 e. The molecule has 0 radical (unpaired) electrons. The summed E-state index contributed by atoms with van der Waals surface area (Å²) in [4.78, 5) is 10.5. The molecule has 0 aliphatic carbocycles. The van der Waals surface area contributed by atoms with Gasteiger partial charge in [0, 0.05) is 6.42 Å². The highest BCUT2D eigenvalue weighted by Crippen LogP contribution is 2.02. The maximum Gasteiger partial charge on any atom is 0.158 e. The summed E-state index contributed by atoms with van der Waals surface area (Å²) in [5.74, 6) is -0.0314. The second-order valence-corrected chi connectivity index (χ2v) is 2.51. The van der Waals surface area contributed by atoms with Gasteiger partial charge in [0.1, 0.15) is 6.61 Å². The predicted molar refractivity (Wildman–Crippen MR) is 40.9 cm³/mol. The number of carbonyl (C=O) groups excluding carboxylic acids is 1. The minimum Gasteiger partial charge on any atom is -0.389 e. The normalized spacial score (nSPS) is 9.80. The first-order chi connectivity index (χ1) is 4.81. The number of carbonyl (C=O) groups is 1. The lowest BCUT2D eigenvalue weighted by atomic mass is 10.1. The molecule has 0 bridgehead atoms. The number of Topliss-reactive ketones (excluding diaryl/α,β-unsaturated/α-hetero) is 1. The van der Waals surface area contributed by atoms with E-state index in [1.54, 1.807) is 0 Å². The lowest BCUT2D eigenvalue weighted by Crippen LogP contribution is -2.02. The Morgan fingerprint density at radius 2 is 2.00 bits per heavy atom. The summed E-state index contributed by atoms with van der Waals surface area (Å²) in [6.07, 6.45) is 4.98. The highest BCUT2D eigenvalue weighted by molar-refractivity contribution is 5.79. The fourth-order valence-corrected chi connectivity index (χ4v) is 0.828. The maximum absolute atomic E-state index is 10.5. The summed E-state index contributed by atoms with van der Waals surface area (Å²) in [6, 6.07) is 0. The quantitative estimate of drug-likeness (QED) is 0.574. The Morgan fingerprint density at radius 3 is 2.50 bits per heavy atom. The van der Waals surface area contributed by atoms with E-state index in [0.717, 1.165) is 12.8 Å². The van der Waals surface area contributed by atoms with E-state index >= 15 is 0 Å². The number of unbranched alkanes of at least 4 members (excludes halogenated alkanes) is 3. The summed E-state index contributed by atoms with van der Waals surface area (Å²) in [5, 5.41) is 8.34. The van der Waals surface area contributed by atoms with Crippen LogP contribution in [-0.4, -0.2) is 17.5 Å². The van der Waals surface area contributed by atoms with Crippen LogP contribution >= 0.6 is 0 Å². The summed E-state index contributed by atoms with van der Waals surface area (Å²) >= 11 is 0. The molecule has 1 N–H and O–H groups in total. The van der Waals surface area contributed by atoms with Gasteiger partial charge >= 0.3 is 0 Å². The number of aliphatic hydroxyl groups is 1. The molecule has 0 fully saturated rings. The first kappa shape index (κ1) is 9.63. The molecule has 0 aliphatic heterocycles. The van der Waals surface area contributed by atoms with Gasteiger partial charge in [-0.15, -0.1) is 0 Å². The Balaban J connectivity index is 2.96. The fraction of sp³-hybridized carbons (Fsp3) is 0.875. The van der Waals surface area contributed by atoms with Crippen molar-refractivity contribution in [2.24, 2.45) is 0 Å². The van der Waals surface area contributed by atoms with Crippen molar-refractivity contribution in [2.45, 2.75) is 39.0 Å². The third-order valence-electron chi connectivity index (χ3n) is 1.49. The molecule has 0 aromatic rings. The molecule has 0 saturated carbocycles. The van der Waals surface area contributed by atoms with E-state index in [1.165, 1.54) is 12.8 Å². The molecular weight excluding hydrogens is 128 g/mol. The van der Waals surface area contributed by atoms with Crippen LogP contribution in [0, 0.1) is 0 Å². The van der Waals surface area contributed by atoms with Crippen molar-refractivity contribution in [3.8, 4) is 0 Å². The average Bonchev–Trinajstić information content (AvgIpc) is 1.98. The molecule has 2 heteroatoms. The number of hydrogen-bond acceptors (Lipinski definition) is 2. The Kier molecular flexibility index (Phi) is 6.50. The zero-order valence-corrected chi connectivity index (χ0v) is 6.60. The van der Waals surface area contributed by atoms with Crippen LogP contribution in [-0.2, 0) is 4.79 Å². The van der Waals surface area contributed by atoms with Crippen molar-refractivity contribution in [2.75, 3.05) is 6.61 Å². The second-order valence-electron chi connectivity index (χ2n) is 2.51. The first-order valence-corrected chi connectivity index (χ1v) is 3.93. The van der Waals surface area contributed by atoms with E-state index in [9.17, 15) is 4.79 Å². The number of aliphatic hydroxyl groups excluding tert-OH is 1. The van der Waals surface area contributed by atoms with Gasteiger partial charge in [-0.2, -0.15) is 0 Å². The van der Waals surface area contributed by atoms with Gasteiger partial charge < -0.3 is 5.11 Å². The lowest BCUT2D eigenvalue weighted by Gasteiger charge is -1.95. The molecule has 0 heterocycles. The van der Waals surface area contributed by atoms with E-state index in [2.05, 4.69) is 6.92 Å². The van der Waals surface area contributed by atoms with Gasteiger partial charge in [0.25, 0.3) is 0 Å². The van der Waals surface area contributed by atoms with Crippen molar-refractivity contribution < 1.29 is 9.90 Å². The van der Waals surface area contributed by atoms with Gasteiger partial charge in [0.05, 0.1) is 0 Å². The zero-order valence-electron chi connectivity index (χ0n) is 6.60. The van der Waals surface area contributed by atoms with Gasteiger partial charge in [-0.3, -0.25) is 4.79 Å². The Hall–Kier alpha value is -0.370. The molecule has 0 amide bonds. The fourth-order valence-electron chi connectivity index (χ4n) is 0.828. The van der Waals surface area contributed by atoms with Crippen LogP contribution in [0.25, 0.3) is 0 Å². The molecule has 0 rings (SSSR count). The van der Waals surface area contributed by atoms with E-state index in [-0.39, 0.29) is 12.4 Å². The maximum atomic E-state index is 10.5. The van der Waals surface area contributed by atoms with Crippen molar-refractivity contribution in [3.05, 3.63) is 0 Å². The van der Waals surface area contributed by atoms with E-state index in [1.807, 2.05) is 0 Å². The highest BCUT2D eigenvalue weighted by Gasteiger charge is 1.96. The van der Waals surface area contributed by atoms with Gasteiger partial charge in [-0.05, 0) is 6.42 Å². The third-order valence-corrected chi connectivity index (χ3v) is 1.49. The first-order valence-electron chi connectivity index (χ1n) is 3.93. The Bertz CT molecular complexity index is 89.3. The second kappa shape index (κ2) is 6.75. The predicted octanol–water partition coefficient (Wildman–Crippen LogP) is 1.52. The summed E-state index contributed by atoms with van der Waals surface area (Å²) < 4.78 is 0. The summed E-state index contributed by atoms with van der Waals surface area (Å²) in [5.41, 5.74) is 0. The molecule has 10 heavy (non-hydrogen) atoms. The molecule has 0 aliphatic rings. The van der Waals surface area contributed by atoms with Gasteiger partial charge in [0.2, 0.25) is 0 Å². The molecule has 60 valence electrons. The minimum atomic E-state index is -0.286. The Labute approximate surface area is 62.2 Å². The van der Waals surface area contributed by atoms with Crippen molar-refractivity contribution >= 4 is 5.78 Å². The Morgan fingerprint density at radius 1 is 1.30 bits per heavy atom. The number of rotatable bonds is 6. The zero-order chi connectivity index (χ0) is 7.82. The molecule has 0 unspecified atom stereocenters. The monoisotopic (exact) mass is 144 g/mol. The molecule has 0 aromatic carbocycles. The number of hydrogen-bond donors (Lipinski definition) is 1. The molecule has 0 atom stereocenters. The van der Waals surface area contributed by atoms with E-state index < -0.39 is 0 Å². The van der Waals surface area contributed by atoms with Gasteiger partial charge in [0.15, 0.2) is 5.78 Å². The third kappa shape index (κ3) is 5.76. The van der Waals surface area contributed by atoms with Crippen molar-refractivity contribution in [3.63, 3.8) is 0 Å². The summed E-state index contributed by atoms with van der Waals surface area (Å²) in [7, 11) is 0. The van der Waals surface area contributed by atoms with Crippen LogP contribution in [0.1, 0.15) is 39.0 Å². The van der Waals surface area contributed by atoms with Crippen molar-refractivity contribution in [1.82, 2.24) is 0 Å². The highest BCUT2D eigenvalue weighted by atomic mass is 16.3. The van der Waals surface area contributed by atoms with Crippen molar-refractivity contribution in [1.29, 1.82) is 0 Å². The standard InChI is InChI=1S/C8H16O2/c1-2-3-4-5-6-8(10)7-9/h9H,2-7H2,1H3. The van der Waals surface area contributed by atoms with Crippen LogP contribution < -0.4 is 0 Å². The molecule has 0 saturated heterocycles. The lowest BCUT2D eigenvalue weighted by molar-refractivity contribution is -0.121. The van der Waals surface area contributed by atoms with Crippen LogP contribution in [0.5, 0.6) is 0 Å². The van der Waals surface area contributed by atoms with Crippen LogP contribution in [0.2, 0.25) is 0 Å². The van der Waals surface area contributed by atoms with Crippen LogP contribution in [0.4, 0.5) is 0 Å². The largest absolute Gasteiger partial charge is 0.389 e. The van der Waals surface area contributed by atoms with Gasteiger partial charge in [-0.1, -0.05) is 26.2 Å². The summed E-state index contributed by atoms with van der Waals surface area (Å²) in [6.45, 7) is 1.85. The van der Waals surface area contributed by atoms with Crippen LogP contribution in [0.3, 0.4) is 0 Å². The van der Waals surface area contributed by atoms with E-state index in [0.29, 0.717) is 6.42 Å².